The smallest absolute Gasteiger partial charge is 0.182 e. The fourth-order valence-electron chi connectivity index (χ4n) is 1.32. The van der Waals surface area contributed by atoms with Crippen LogP contribution >= 0.6 is 11.6 Å². The van der Waals surface area contributed by atoms with Crippen LogP contribution in [0, 0.1) is 5.82 Å². The number of hydrogen-bond donors (Lipinski definition) is 1. The average Bonchev–Trinajstić information content (AvgIpc) is 2.23. The largest absolute Gasteiger partial charge is 0.486 e. The molecule has 2 rings (SSSR count). The summed E-state index contributed by atoms with van der Waals surface area (Å²) in [6.07, 6.45) is 0. The van der Waals surface area contributed by atoms with Crippen molar-refractivity contribution in [1.82, 2.24) is 0 Å². The summed E-state index contributed by atoms with van der Waals surface area (Å²) in [5, 5.41) is -0.0531. The van der Waals surface area contributed by atoms with Crippen LogP contribution in [0.15, 0.2) is 6.07 Å². The third-order valence-electron chi connectivity index (χ3n) is 2.01. The van der Waals surface area contributed by atoms with Crippen molar-refractivity contribution in [3.63, 3.8) is 0 Å². The molecule has 0 aromatic heterocycles. The molecule has 0 saturated carbocycles. The van der Waals surface area contributed by atoms with E-state index in [0.717, 1.165) is 0 Å². The van der Waals surface area contributed by atoms with Crippen molar-refractivity contribution >= 4 is 11.6 Å². The van der Waals surface area contributed by atoms with Crippen molar-refractivity contribution in [2.45, 2.75) is 6.54 Å². The van der Waals surface area contributed by atoms with E-state index in [1.807, 2.05) is 0 Å². The van der Waals surface area contributed by atoms with Gasteiger partial charge in [0.2, 0.25) is 0 Å². The van der Waals surface area contributed by atoms with Crippen LogP contribution in [-0.2, 0) is 6.54 Å². The summed E-state index contributed by atoms with van der Waals surface area (Å²) < 4.78 is 23.9. The number of halogens is 2. The molecule has 14 heavy (non-hydrogen) atoms. The Balaban J connectivity index is 2.57. The first-order valence-electron chi connectivity index (χ1n) is 4.20. The number of ether oxygens (including phenoxy) is 2. The molecular weight excluding hydrogens is 209 g/mol. The molecule has 0 unspecified atom stereocenters. The molecule has 0 radical (unpaired) electrons. The Morgan fingerprint density at radius 3 is 2.86 bits per heavy atom. The van der Waals surface area contributed by atoms with Gasteiger partial charge in [0.05, 0.1) is 0 Å². The molecule has 0 aliphatic carbocycles. The molecule has 5 heteroatoms. The highest BCUT2D eigenvalue weighted by Crippen LogP contribution is 2.40. The Kier molecular flexibility index (Phi) is 2.48. The van der Waals surface area contributed by atoms with Gasteiger partial charge in [-0.05, 0) is 6.07 Å². The van der Waals surface area contributed by atoms with Gasteiger partial charge in [-0.2, -0.15) is 0 Å². The fourth-order valence-corrected chi connectivity index (χ4v) is 1.59. The van der Waals surface area contributed by atoms with E-state index in [0.29, 0.717) is 24.5 Å². The Hall–Kier alpha value is -1.00. The van der Waals surface area contributed by atoms with Gasteiger partial charge in [0.15, 0.2) is 11.5 Å². The zero-order valence-corrected chi connectivity index (χ0v) is 8.10. The topological polar surface area (TPSA) is 44.5 Å². The van der Waals surface area contributed by atoms with Crippen LogP contribution < -0.4 is 15.2 Å². The molecule has 1 heterocycles. The number of benzene rings is 1. The number of hydrogen-bond acceptors (Lipinski definition) is 3. The van der Waals surface area contributed by atoms with Gasteiger partial charge >= 0.3 is 0 Å². The number of fused-ring (bicyclic) bond motifs is 1. The summed E-state index contributed by atoms with van der Waals surface area (Å²) in [5.41, 5.74) is 5.69. The van der Waals surface area contributed by atoms with E-state index < -0.39 is 5.82 Å². The summed E-state index contributed by atoms with van der Waals surface area (Å²) in [7, 11) is 0. The minimum Gasteiger partial charge on any atom is -0.486 e. The van der Waals surface area contributed by atoms with E-state index in [2.05, 4.69) is 0 Å². The van der Waals surface area contributed by atoms with Gasteiger partial charge in [0, 0.05) is 12.1 Å². The first-order chi connectivity index (χ1) is 6.74. The molecule has 0 bridgehead atoms. The van der Waals surface area contributed by atoms with Crippen molar-refractivity contribution in [3.8, 4) is 11.5 Å². The standard InChI is InChI=1S/C9H9ClFNO2/c10-7-8(11)5(4-12)3-6-9(7)14-2-1-13-6/h3H,1-2,4,12H2. The van der Waals surface area contributed by atoms with E-state index in [4.69, 9.17) is 26.8 Å². The molecule has 0 saturated heterocycles. The first-order valence-corrected chi connectivity index (χ1v) is 4.58. The van der Waals surface area contributed by atoms with Gasteiger partial charge in [-0.15, -0.1) is 0 Å². The summed E-state index contributed by atoms with van der Waals surface area (Å²) in [6, 6.07) is 1.52. The van der Waals surface area contributed by atoms with Gasteiger partial charge in [-0.3, -0.25) is 0 Å². The van der Waals surface area contributed by atoms with E-state index >= 15 is 0 Å². The predicted molar refractivity (Wildman–Crippen MR) is 50.3 cm³/mol. The van der Waals surface area contributed by atoms with Crippen molar-refractivity contribution < 1.29 is 13.9 Å². The Morgan fingerprint density at radius 1 is 1.43 bits per heavy atom. The quantitative estimate of drug-likeness (QED) is 0.779. The molecule has 0 atom stereocenters. The average molecular weight is 218 g/mol. The minimum absolute atomic E-state index is 0.0531. The third kappa shape index (κ3) is 1.40. The Labute approximate surface area is 85.6 Å². The van der Waals surface area contributed by atoms with E-state index in [1.165, 1.54) is 6.07 Å². The van der Waals surface area contributed by atoms with Crippen molar-refractivity contribution in [1.29, 1.82) is 0 Å². The van der Waals surface area contributed by atoms with Crippen LogP contribution in [-0.4, -0.2) is 13.2 Å². The maximum atomic E-state index is 13.4. The second-order valence-electron chi connectivity index (χ2n) is 2.89. The van der Waals surface area contributed by atoms with Gasteiger partial charge in [0.1, 0.15) is 24.1 Å². The highest BCUT2D eigenvalue weighted by Gasteiger charge is 2.21. The molecule has 1 aromatic rings. The maximum absolute atomic E-state index is 13.4. The van der Waals surface area contributed by atoms with Gasteiger partial charge < -0.3 is 15.2 Å². The lowest BCUT2D eigenvalue weighted by atomic mass is 10.2. The molecule has 3 nitrogen and oxygen atoms in total. The second-order valence-corrected chi connectivity index (χ2v) is 3.27. The highest BCUT2D eigenvalue weighted by molar-refractivity contribution is 6.32. The van der Waals surface area contributed by atoms with E-state index in [1.54, 1.807) is 0 Å². The molecule has 0 spiro atoms. The van der Waals surface area contributed by atoms with Crippen LogP contribution in [0.5, 0.6) is 11.5 Å². The normalized spacial score (nSPS) is 14.2. The number of rotatable bonds is 1. The molecule has 1 aromatic carbocycles. The van der Waals surface area contributed by atoms with E-state index in [9.17, 15) is 4.39 Å². The molecule has 1 aliphatic heterocycles. The van der Waals surface area contributed by atoms with Crippen LogP contribution in [0.2, 0.25) is 5.02 Å². The monoisotopic (exact) mass is 217 g/mol. The lowest BCUT2D eigenvalue weighted by molar-refractivity contribution is 0.170. The predicted octanol–water partition coefficient (Wildman–Crippen LogP) is 1.71. The zero-order valence-electron chi connectivity index (χ0n) is 7.35. The van der Waals surface area contributed by atoms with Crippen LogP contribution in [0.1, 0.15) is 5.56 Å². The minimum atomic E-state index is -0.529. The van der Waals surface area contributed by atoms with Crippen LogP contribution in [0.3, 0.4) is 0 Å². The molecule has 1 aliphatic rings. The fraction of sp³-hybridized carbons (Fsp3) is 0.333. The summed E-state index contributed by atoms with van der Waals surface area (Å²) in [4.78, 5) is 0. The van der Waals surface area contributed by atoms with Gasteiger partial charge in [-0.25, -0.2) is 4.39 Å². The summed E-state index contributed by atoms with van der Waals surface area (Å²) in [6.45, 7) is 0.912. The molecule has 0 fully saturated rings. The second kappa shape index (κ2) is 3.63. The highest BCUT2D eigenvalue weighted by atomic mass is 35.5. The molecule has 2 N–H and O–H groups in total. The molecular formula is C9H9ClFNO2. The maximum Gasteiger partial charge on any atom is 0.182 e. The lowest BCUT2D eigenvalue weighted by Crippen LogP contribution is -2.17. The molecule has 0 amide bonds. The summed E-state index contributed by atoms with van der Waals surface area (Å²) in [5.74, 6) is 0.203. The Morgan fingerprint density at radius 2 is 2.14 bits per heavy atom. The van der Waals surface area contributed by atoms with E-state index in [-0.39, 0.29) is 17.3 Å². The van der Waals surface area contributed by atoms with Gasteiger partial charge in [0.25, 0.3) is 0 Å². The zero-order chi connectivity index (χ0) is 10.1. The third-order valence-corrected chi connectivity index (χ3v) is 2.35. The molecule has 76 valence electrons. The summed E-state index contributed by atoms with van der Waals surface area (Å²) >= 11 is 5.76. The lowest BCUT2D eigenvalue weighted by Gasteiger charge is -2.20. The number of nitrogens with two attached hydrogens (primary N) is 1. The van der Waals surface area contributed by atoms with Crippen molar-refractivity contribution in [2.24, 2.45) is 5.73 Å². The van der Waals surface area contributed by atoms with Gasteiger partial charge in [-0.1, -0.05) is 11.6 Å². The SMILES string of the molecule is NCc1cc2c(c(Cl)c1F)OCCO2. The van der Waals surface area contributed by atoms with Crippen molar-refractivity contribution in [2.75, 3.05) is 13.2 Å². The Bertz CT molecular complexity index is 370. The van der Waals surface area contributed by atoms with Crippen LogP contribution in [0.4, 0.5) is 4.39 Å². The van der Waals surface area contributed by atoms with Crippen LogP contribution in [0.25, 0.3) is 0 Å². The first kappa shape index (κ1) is 9.55. The van der Waals surface area contributed by atoms with Crippen molar-refractivity contribution in [3.05, 3.63) is 22.5 Å².